The molecule has 0 aromatic carbocycles. The van der Waals surface area contributed by atoms with Gasteiger partial charge >= 0.3 is 0 Å². The minimum Gasteiger partial charge on any atom is -0.384 e. The maximum atomic E-state index is 6.15. The average Bonchev–Trinajstić information content (AvgIpc) is 2.24. The Hall–Kier alpha value is 0.350. The lowest BCUT2D eigenvalue weighted by atomic mass is 9.92. The molecule has 0 N–H and O–H groups in total. The van der Waals surface area contributed by atoms with Gasteiger partial charge in [-0.1, -0.05) is 34.1 Å². The van der Waals surface area contributed by atoms with Crippen LogP contribution in [0.25, 0.3) is 0 Å². The van der Waals surface area contributed by atoms with E-state index in [0.29, 0.717) is 17.9 Å². The van der Waals surface area contributed by atoms with Gasteiger partial charge < -0.3 is 9.26 Å². The maximum Gasteiger partial charge on any atom is 0.0690 e. The summed E-state index contributed by atoms with van der Waals surface area (Å²) in [5.74, 6) is 1.10. The van der Waals surface area contributed by atoms with Crippen molar-refractivity contribution in [1.29, 1.82) is 0 Å². The summed E-state index contributed by atoms with van der Waals surface area (Å²) >= 11 is 0. The van der Waals surface area contributed by atoms with Crippen molar-refractivity contribution >= 4 is 8.15 Å². The second-order valence-corrected chi connectivity index (χ2v) is 6.43. The van der Waals surface area contributed by atoms with Crippen molar-refractivity contribution in [3.63, 3.8) is 0 Å². The number of methoxy groups -OCH3 is 1. The van der Waals surface area contributed by atoms with E-state index >= 15 is 0 Å². The molecule has 0 aliphatic rings. The molecule has 2 nitrogen and oxygen atoms in total. The molecule has 0 rings (SSSR count). The summed E-state index contributed by atoms with van der Waals surface area (Å²) in [6.45, 7) is 11.9. The second kappa shape index (κ2) is 8.50. The standard InChI is InChI=1S/C12H27O2P/c1-7-10(3)12(11(4)9-13-5)14-15(6)8-2/h10-12H,7-9H2,1-6H3. The van der Waals surface area contributed by atoms with Crippen LogP contribution in [0.2, 0.25) is 0 Å². The number of hydrogen-bond donors (Lipinski definition) is 0. The van der Waals surface area contributed by atoms with E-state index in [4.69, 9.17) is 9.26 Å². The number of ether oxygens (including phenoxy) is 1. The molecule has 0 aliphatic carbocycles. The van der Waals surface area contributed by atoms with Gasteiger partial charge in [-0.05, 0) is 18.7 Å². The van der Waals surface area contributed by atoms with E-state index in [0.717, 1.165) is 12.8 Å². The minimum absolute atomic E-state index is 0.255. The predicted octanol–water partition coefficient (Wildman–Crippen LogP) is 3.75. The first-order valence-corrected chi connectivity index (χ1v) is 7.82. The van der Waals surface area contributed by atoms with Crippen molar-refractivity contribution in [2.24, 2.45) is 11.8 Å². The average molecular weight is 234 g/mol. The van der Waals surface area contributed by atoms with Crippen LogP contribution in [0.3, 0.4) is 0 Å². The Bertz CT molecular complexity index is 153. The third kappa shape index (κ3) is 5.85. The molecule has 92 valence electrons. The zero-order valence-electron chi connectivity index (χ0n) is 11.1. The molecule has 0 spiro atoms. The Balaban J connectivity index is 4.29. The van der Waals surface area contributed by atoms with Crippen LogP contribution in [-0.4, -0.2) is 32.6 Å². The lowest BCUT2D eigenvalue weighted by molar-refractivity contribution is 0.0481. The topological polar surface area (TPSA) is 18.5 Å². The van der Waals surface area contributed by atoms with Crippen LogP contribution < -0.4 is 0 Å². The van der Waals surface area contributed by atoms with Gasteiger partial charge in [0.05, 0.1) is 12.7 Å². The van der Waals surface area contributed by atoms with Crippen molar-refractivity contribution in [1.82, 2.24) is 0 Å². The Morgan fingerprint density at radius 3 is 2.13 bits per heavy atom. The van der Waals surface area contributed by atoms with Gasteiger partial charge in [0.1, 0.15) is 0 Å². The first kappa shape index (κ1) is 15.3. The highest BCUT2D eigenvalue weighted by Crippen LogP contribution is 2.37. The molecule has 0 radical (unpaired) electrons. The first-order chi connectivity index (χ1) is 7.06. The van der Waals surface area contributed by atoms with Crippen LogP contribution in [0, 0.1) is 11.8 Å². The van der Waals surface area contributed by atoms with Crippen molar-refractivity contribution in [2.45, 2.75) is 40.2 Å². The van der Waals surface area contributed by atoms with Gasteiger partial charge in [-0.25, -0.2) is 0 Å². The van der Waals surface area contributed by atoms with Gasteiger partial charge in [-0.2, -0.15) is 0 Å². The minimum atomic E-state index is -0.255. The van der Waals surface area contributed by atoms with Crippen LogP contribution in [0.1, 0.15) is 34.1 Å². The quantitative estimate of drug-likeness (QED) is 0.595. The van der Waals surface area contributed by atoms with E-state index in [-0.39, 0.29) is 8.15 Å². The summed E-state index contributed by atoms with van der Waals surface area (Å²) in [5, 5.41) is 0. The van der Waals surface area contributed by atoms with Gasteiger partial charge in [0, 0.05) is 21.2 Å². The molecule has 0 saturated carbocycles. The molecule has 0 heterocycles. The zero-order valence-corrected chi connectivity index (χ0v) is 12.0. The zero-order chi connectivity index (χ0) is 11.8. The molecular formula is C12H27O2P. The van der Waals surface area contributed by atoms with Gasteiger partial charge in [-0.15, -0.1) is 0 Å². The Labute approximate surface area is 96.6 Å². The van der Waals surface area contributed by atoms with Crippen molar-refractivity contribution in [2.75, 3.05) is 26.5 Å². The van der Waals surface area contributed by atoms with E-state index in [1.54, 1.807) is 7.11 Å². The molecule has 4 atom stereocenters. The van der Waals surface area contributed by atoms with E-state index in [1.807, 2.05) is 0 Å². The summed E-state index contributed by atoms with van der Waals surface area (Å²) in [6, 6.07) is 0. The molecule has 0 aromatic rings. The molecular weight excluding hydrogens is 207 g/mol. The molecule has 0 fully saturated rings. The summed E-state index contributed by atoms with van der Waals surface area (Å²) in [6.07, 6.45) is 2.67. The van der Waals surface area contributed by atoms with Gasteiger partial charge in [0.25, 0.3) is 0 Å². The van der Waals surface area contributed by atoms with Crippen LogP contribution in [0.4, 0.5) is 0 Å². The van der Waals surface area contributed by atoms with Crippen molar-refractivity contribution in [3.05, 3.63) is 0 Å². The first-order valence-electron chi connectivity index (χ1n) is 5.93. The highest BCUT2D eigenvalue weighted by atomic mass is 31.1. The molecule has 0 amide bonds. The highest BCUT2D eigenvalue weighted by Gasteiger charge is 2.24. The third-order valence-corrected chi connectivity index (χ3v) is 4.44. The van der Waals surface area contributed by atoms with Crippen molar-refractivity contribution < 1.29 is 9.26 Å². The van der Waals surface area contributed by atoms with Crippen molar-refractivity contribution in [3.8, 4) is 0 Å². The molecule has 0 saturated heterocycles. The van der Waals surface area contributed by atoms with E-state index in [9.17, 15) is 0 Å². The second-order valence-electron chi connectivity index (χ2n) is 4.33. The van der Waals surface area contributed by atoms with Gasteiger partial charge in [0.2, 0.25) is 0 Å². The summed E-state index contributed by atoms with van der Waals surface area (Å²) in [5.41, 5.74) is 0. The SMILES string of the molecule is CCC(C)C(OP(C)CC)C(C)COC. The Morgan fingerprint density at radius 1 is 1.13 bits per heavy atom. The lowest BCUT2D eigenvalue weighted by Crippen LogP contribution is -2.30. The van der Waals surface area contributed by atoms with Crippen LogP contribution in [0.5, 0.6) is 0 Å². The maximum absolute atomic E-state index is 6.15. The summed E-state index contributed by atoms with van der Waals surface area (Å²) < 4.78 is 11.4. The monoisotopic (exact) mass is 234 g/mol. The lowest BCUT2D eigenvalue weighted by Gasteiger charge is -2.31. The predicted molar refractivity (Wildman–Crippen MR) is 68.8 cm³/mol. The molecule has 0 aliphatic heterocycles. The largest absolute Gasteiger partial charge is 0.384 e. The fourth-order valence-electron chi connectivity index (χ4n) is 1.64. The molecule has 0 aromatic heterocycles. The number of rotatable bonds is 8. The van der Waals surface area contributed by atoms with Crippen LogP contribution in [-0.2, 0) is 9.26 Å². The highest BCUT2D eigenvalue weighted by molar-refractivity contribution is 7.51. The van der Waals surface area contributed by atoms with Gasteiger partial charge in [-0.3, -0.25) is 0 Å². The van der Waals surface area contributed by atoms with Crippen LogP contribution >= 0.6 is 8.15 Å². The molecule has 15 heavy (non-hydrogen) atoms. The van der Waals surface area contributed by atoms with E-state index in [2.05, 4.69) is 34.4 Å². The fourth-order valence-corrected chi connectivity index (χ4v) is 2.62. The normalized spacial score (nSPS) is 19.6. The van der Waals surface area contributed by atoms with E-state index in [1.165, 1.54) is 6.42 Å². The third-order valence-electron chi connectivity index (χ3n) is 2.94. The number of hydrogen-bond acceptors (Lipinski definition) is 2. The molecule has 3 heteroatoms. The smallest absolute Gasteiger partial charge is 0.0690 e. The Kier molecular flexibility index (Phi) is 8.69. The molecule has 4 unspecified atom stereocenters. The van der Waals surface area contributed by atoms with E-state index < -0.39 is 0 Å². The molecule has 0 bridgehead atoms. The van der Waals surface area contributed by atoms with Crippen LogP contribution in [0.15, 0.2) is 0 Å². The fraction of sp³-hybridized carbons (Fsp3) is 1.00. The Morgan fingerprint density at radius 2 is 1.73 bits per heavy atom. The summed E-state index contributed by atoms with van der Waals surface area (Å²) in [7, 11) is 1.51. The summed E-state index contributed by atoms with van der Waals surface area (Å²) in [4.78, 5) is 0. The van der Waals surface area contributed by atoms with Gasteiger partial charge in [0.15, 0.2) is 0 Å².